The maximum atomic E-state index is 12.5. The van der Waals surface area contributed by atoms with E-state index in [-0.39, 0.29) is 5.91 Å². The Labute approximate surface area is 141 Å². The summed E-state index contributed by atoms with van der Waals surface area (Å²) in [7, 11) is 0. The number of nitrogens with zero attached hydrogens (tertiary/aromatic N) is 4. The molecule has 24 heavy (non-hydrogen) atoms. The lowest BCUT2D eigenvalue weighted by Crippen LogP contribution is -2.38. The van der Waals surface area contributed by atoms with Crippen LogP contribution in [0.5, 0.6) is 0 Å². The van der Waals surface area contributed by atoms with Crippen molar-refractivity contribution in [2.24, 2.45) is 5.92 Å². The van der Waals surface area contributed by atoms with Gasteiger partial charge >= 0.3 is 0 Å². The van der Waals surface area contributed by atoms with Gasteiger partial charge in [-0.2, -0.15) is 0 Å². The first-order valence-corrected chi connectivity index (χ1v) is 8.93. The van der Waals surface area contributed by atoms with E-state index in [1.165, 1.54) is 6.42 Å². The van der Waals surface area contributed by atoms with Gasteiger partial charge in [0.2, 0.25) is 5.91 Å². The number of carbonyl (C=O) groups excluding carboxylic acids is 1. The Morgan fingerprint density at radius 1 is 1.33 bits per heavy atom. The first kappa shape index (κ1) is 15.4. The fourth-order valence-electron chi connectivity index (χ4n) is 3.53. The molecule has 6 nitrogen and oxygen atoms in total. The quantitative estimate of drug-likeness (QED) is 0.846. The summed E-state index contributed by atoms with van der Waals surface area (Å²) >= 11 is 0. The van der Waals surface area contributed by atoms with Crippen molar-refractivity contribution in [3.8, 4) is 0 Å². The average Bonchev–Trinajstić information content (AvgIpc) is 3.03. The minimum absolute atomic E-state index is 0.167. The second-order valence-electron chi connectivity index (χ2n) is 6.98. The minimum Gasteiger partial charge on any atom is -0.466 e. The maximum Gasteiger partial charge on any atom is 0.223 e. The average molecular weight is 328 g/mol. The Bertz CT molecular complexity index is 748. The number of aromatic nitrogens is 3. The van der Waals surface area contributed by atoms with E-state index < -0.39 is 0 Å². The van der Waals surface area contributed by atoms with E-state index in [2.05, 4.69) is 34.7 Å². The zero-order valence-electron chi connectivity index (χ0n) is 14.4. The van der Waals surface area contributed by atoms with Crippen LogP contribution >= 0.6 is 0 Å². The van der Waals surface area contributed by atoms with Gasteiger partial charge in [0.1, 0.15) is 17.3 Å². The molecule has 2 aliphatic rings. The van der Waals surface area contributed by atoms with Crippen molar-refractivity contribution in [3.63, 3.8) is 0 Å². The number of hydrogen-bond acceptors (Lipinski definition) is 4. The molecule has 2 aromatic heterocycles. The highest BCUT2D eigenvalue weighted by atomic mass is 16.3. The highest BCUT2D eigenvalue weighted by molar-refractivity contribution is 5.76. The lowest BCUT2D eigenvalue weighted by atomic mass is 10.2. The molecule has 0 unspecified atom stereocenters. The van der Waals surface area contributed by atoms with Crippen LogP contribution in [-0.2, 0) is 30.7 Å². The van der Waals surface area contributed by atoms with Gasteiger partial charge in [0.15, 0.2) is 5.82 Å². The van der Waals surface area contributed by atoms with Crippen molar-refractivity contribution in [2.45, 2.75) is 58.5 Å². The Morgan fingerprint density at radius 2 is 2.17 bits per heavy atom. The van der Waals surface area contributed by atoms with Crippen molar-refractivity contribution < 1.29 is 9.21 Å². The molecule has 0 bridgehead atoms. The predicted octanol–water partition coefficient (Wildman–Crippen LogP) is 2.53. The number of furan rings is 1. The van der Waals surface area contributed by atoms with Crippen LogP contribution in [0.3, 0.4) is 0 Å². The molecule has 2 atom stereocenters. The third-order valence-electron chi connectivity index (χ3n) is 5.24. The molecule has 1 aliphatic carbocycles. The lowest BCUT2D eigenvalue weighted by molar-refractivity contribution is -0.132. The molecular weight excluding hydrogens is 304 g/mol. The molecule has 0 saturated heterocycles. The summed E-state index contributed by atoms with van der Waals surface area (Å²) in [5.41, 5.74) is 0. The van der Waals surface area contributed by atoms with E-state index in [0.29, 0.717) is 25.3 Å². The van der Waals surface area contributed by atoms with Gasteiger partial charge < -0.3 is 13.9 Å². The Morgan fingerprint density at radius 3 is 2.92 bits per heavy atom. The molecule has 6 heteroatoms. The van der Waals surface area contributed by atoms with Crippen LogP contribution in [0.2, 0.25) is 0 Å². The van der Waals surface area contributed by atoms with Crippen molar-refractivity contribution in [1.82, 2.24) is 19.7 Å². The van der Waals surface area contributed by atoms with Crippen LogP contribution in [0.15, 0.2) is 16.5 Å². The van der Waals surface area contributed by atoms with Crippen LogP contribution in [0, 0.1) is 5.92 Å². The molecule has 0 spiro atoms. The largest absolute Gasteiger partial charge is 0.466 e. The zero-order chi connectivity index (χ0) is 16.7. The molecule has 2 aromatic rings. The van der Waals surface area contributed by atoms with Crippen LogP contribution in [0.1, 0.15) is 55.8 Å². The Hall–Kier alpha value is -2.11. The smallest absolute Gasteiger partial charge is 0.223 e. The summed E-state index contributed by atoms with van der Waals surface area (Å²) in [6.07, 6.45) is 3.26. The summed E-state index contributed by atoms with van der Waals surface area (Å²) < 4.78 is 8.03. The van der Waals surface area contributed by atoms with E-state index in [1.807, 2.05) is 11.0 Å². The molecule has 1 saturated carbocycles. The van der Waals surface area contributed by atoms with Gasteiger partial charge in [0.05, 0.1) is 6.54 Å². The van der Waals surface area contributed by atoms with E-state index in [0.717, 1.165) is 48.6 Å². The van der Waals surface area contributed by atoms with E-state index >= 15 is 0 Å². The number of rotatable bonds is 5. The molecule has 4 rings (SSSR count). The number of hydrogen-bond donors (Lipinski definition) is 0. The van der Waals surface area contributed by atoms with Crippen LogP contribution < -0.4 is 0 Å². The molecule has 3 heterocycles. The molecule has 128 valence electrons. The normalized spacial score (nSPS) is 22.5. The summed E-state index contributed by atoms with van der Waals surface area (Å²) in [6.45, 7) is 6.42. The molecular formula is C18H24N4O2. The van der Waals surface area contributed by atoms with Crippen molar-refractivity contribution >= 4 is 5.91 Å². The summed E-state index contributed by atoms with van der Waals surface area (Å²) in [5.74, 6) is 5.41. The number of carbonyl (C=O) groups is 1. The molecule has 0 radical (unpaired) electrons. The first-order chi connectivity index (χ1) is 11.7. The topological polar surface area (TPSA) is 64.2 Å². The summed E-state index contributed by atoms with van der Waals surface area (Å²) in [6, 6.07) is 4.09. The van der Waals surface area contributed by atoms with Crippen molar-refractivity contribution in [2.75, 3.05) is 6.54 Å². The van der Waals surface area contributed by atoms with Crippen molar-refractivity contribution in [3.05, 3.63) is 35.3 Å². The molecule has 0 aromatic carbocycles. The molecule has 1 aliphatic heterocycles. The van der Waals surface area contributed by atoms with Crippen LogP contribution in [-0.4, -0.2) is 32.1 Å². The van der Waals surface area contributed by atoms with Crippen LogP contribution in [0.25, 0.3) is 0 Å². The van der Waals surface area contributed by atoms with Gasteiger partial charge in [-0.1, -0.05) is 13.8 Å². The number of aryl methyl sites for hydroxylation is 2. The third kappa shape index (κ3) is 2.85. The van der Waals surface area contributed by atoms with Gasteiger partial charge in [0, 0.05) is 38.3 Å². The Balaban J connectivity index is 1.32. The highest BCUT2D eigenvalue weighted by Crippen LogP contribution is 2.47. The SMILES string of the molecule is CCc1nnc2n1CCN(C(=O)CCc1ccc([C@@H]3C[C@@H]3C)o1)C2. The van der Waals surface area contributed by atoms with E-state index in [9.17, 15) is 4.79 Å². The number of amides is 1. The van der Waals surface area contributed by atoms with Crippen LogP contribution in [0.4, 0.5) is 0 Å². The lowest BCUT2D eigenvalue weighted by Gasteiger charge is -2.27. The van der Waals surface area contributed by atoms with Gasteiger partial charge in [-0.05, 0) is 24.5 Å². The Kier molecular flexibility index (Phi) is 3.90. The first-order valence-electron chi connectivity index (χ1n) is 8.93. The number of fused-ring (bicyclic) bond motifs is 1. The minimum atomic E-state index is 0.167. The predicted molar refractivity (Wildman–Crippen MR) is 88.4 cm³/mol. The zero-order valence-corrected chi connectivity index (χ0v) is 14.4. The summed E-state index contributed by atoms with van der Waals surface area (Å²) in [5, 5.41) is 8.41. The third-order valence-corrected chi connectivity index (χ3v) is 5.24. The second-order valence-corrected chi connectivity index (χ2v) is 6.98. The fraction of sp³-hybridized carbons (Fsp3) is 0.611. The van der Waals surface area contributed by atoms with E-state index in [4.69, 9.17) is 4.42 Å². The summed E-state index contributed by atoms with van der Waals surface area (Å²) in [4.78, 5) is 14.4. The van der Waals surface area contributed by atoms with Gasteiger partial charge in [-0.25, -0.2) is 0 Å². The van der Waals surface area contributed by atoms with Gasteiger partial charge in [0.25, 0.3) is 0 Å². The fourth-order valence-corrected chi connectivity index (χ4v) is 3.53. The highest BCUT2D eigenvalue weighted by Gasteiger charge is 2.36. The monoisotopic (exact) mass is 328 g/mol. The van der Waals surface area contributed by atoms with Gasteiger partial charge in [-0.3, -0.25) is 4.79 Å². The maximum absolute atomic E-state index is 12.5. The second kappa shape index (κ2) is 6.07. The molecule has 1 fully saturated rings. The van der Waals surface area contributed by atoms with Crippen molar-refractivity contribution in [1.29, 1.82) is 0 Å². The standard InChI is InChI=1S/C18H24N4O2/c1-3-16-19-20-17-11-21(8-9-22(16)17)18(23)7-5-13-4-6-15(24-13)14-10-12(14)2/h4,6,12,14H,3,5,7-11H2,1-2H3/t12-,14+/m0/s1. The molecule has 1 amide bonds. The van der Waals surface area contributed by atoms with E-state index in [1.54, 1.807) is 0 Å². The van der Waals surface area contributed by atoms with Gasteiger partial charge in [-0.15, -0.1) is 10.2 Å². The molecule has 0 N–H and O–H groups in total.